The minimum Gasteiger partial charge on any atom is -0.494 e. The van der Waals surface area contributed by atoms with Crippen molar-refractivity contribution in [2.24, 2.45) is 0 Å². The molecule has 2 aromatic heterocycles. The monoisotopic (exact) mass is 449 g/mol. The quantitative estimate of drug-likeness (QED) is 0.414. The van der Waals surface area contributed by atoms with E-state index >= 15 is 0 Å². The van der Waals surface area contributed by atoms with Crippen LogP contribution < -0.4 is 14.8 Å². The van der Waals surface area contributed by atoms with Gasteiger partial charge in [0.2, 0.25) is 0 Å². The Morgan fingerprint density at radius 2 is 2.06 bits per heavy atom. The molecule has 160 valence electrons. The number of thiazole rings is 1. The van der Waals surface area contributed by atoms with Crippen LogP contribution in [-0.2, 0) is 6.61 Å². The molecule has 0 saturated carbocycles. The van der Waals surface area contributed by atoms with Crippen molar-refractivity contribution >= 4 is 22.4 Å². The van der Waals surface area contributed by atoms with Crippen molar-refractivity contribution in [3.8, 4) is 28.8 Å². The number of carbonyl (C=O) groups is 1. The van der Waals surface area contributed by atoms with E-state index in [0.29, 0.717) is 33.5 Å². The highest BCUT2D eigenvalue weighted by Gasteiger charge is 2.15. The number of furan rings is 1. The average Bonchev–Trinajstić information content (AvgIpc) is 3.47. The third-order valence-electron chi connectivity index (χ3n) is 4.44. The van der Waals surface area contributed by atoms with E-state index < -0.39 is 11.7 Å². The minimum atomic E-state index is -0.494. The molecule has 0 aliphatic carbocycles. The van der Waals surface area contributed by atoms with E-state index in [1.807, 2.05) is 0 Å². The van der Waals surface area contributed by atoms with Crippen molar-refractivity contribution in [3.63, 3.8) is 0 Å². The summed E-state index contributed by atoms with van der Waals surface area (Å²) in [5.41, 5.74) is 1.50. The summed E-state index contributed by atoms with van der Waals surface area (Å²) in [6.45, 7) is 0.0659. The minimum absolute atomic E-state index is 0.0659. The topological polar surface area (TPSA) is 97.4 Å². The molecule has 0 unspecified atom stereocenters. The predicted octanol–water partition coefficient (Wildman–Crippen LogP) is 5.25. The second-order valence-corrected chi connectivity index (χ2v) is 7.36. The number of benzene rings is 2. The molecular formula is C23H16FN3O4S. The van der Waals surface area contributed by atoms with Crippen LogP contribution in [0, 0.1) is 17.1 Å². The number of carbonyl (C=O) groups excluding carboxylic acids is 1. The van der Waals surface area contributed by atoms with Gasteiger partial charge in [-0.25, -0.2) is 9.37 Å². The first-order valence-corrected chi connectivity index (χ1v) is 10.3. The molecule has 0 spiro atoms. The number of nitrogens with zero attached hydrogens (tertiary/aromatic N) is 2. The molecule has 4 rings (SSSR count). The number of anilines is 1. The summed E-state index contributed by atoms with van der Waals surface area (Å²) >= 11 is 1.21. The summed E-state index contributed by atoms with van der Waals surface area (Å²) in [5.74, 6) is 0.122. The Balaban J connectivity index is 1.39. The fourth-order valence-corrected chi connectivity index (χ4v) is 3.57. The molecule has 4 aromatic rings. The van der Waals surface area contributed by atoms with Crippen LogP contribution in [0.3, 0.4) is 0 Å². The number of ether oxygens (including phenoxy) is 2. The van der Waals surface area contributed by atoms with Crippen molar-refractivity contribution in [1.29, 1.82) is 5.26 Å². The van der Waals surface area contributed by atoms with Crippen molar-refractivity contribution in [3.05, 3.63) is 82.9 Å². The zero-order valence-corrected chi connectivity index (χ0v) is 17.6. The standard InChI is InChI=1S/C23H16FN3O4S/c1-29-20-8-6-14(10-17(20)24)18-13-32-23(26-18)27-22(28)21-9-7-16(31-21)12-30-19-5-3-2-4-15(19)11-25/h2-10,13H,12H2,1H3,(H,26,27,28). The van der Waals surface area contributed by atoms with Crippen LogP contribution >= 0.6 is 11.3 Å². The Kier molecular flexibility index (Phi) is 6.14. The summed E-state index contributed by atoms with van der Waals surface area (Å²) in [7, 11) is 1.39. The van der Waals surface area contributed by atoms with Crippen molar-refractivity contribution in [1.82, 2.24) is 4.98 Å². The fourth-order valence-electron chi connectivity index (χ4n) is 2.86. The van der Waals surface area contributed by atoms with Crippen LogP contribution in [0.1, 0.15) is 21.9 Å². The maximum Gasteiger partial charge on any atom is 0.293 e. The molecule has 0 bridgehead atoms. The van der Waals surface area contributed by atoms with Gasteiger partial charge in [-0.2, -0.15) is 5.26 Å². The molecule has 1 amide bonds. The van der Waals surface area contributed by atoms with Crippen LogP contribution in [0.15, 0.2) is 64.4 Å². The number of amides is 1. The highest BCUT2D eigenvalue weighted by molar-refractivity contribution is 7.14. The summed E-state index contributed by atoms with van der Waals surface area (Å²) < 4.78 is 30.0. The van der Waals surface area contributed by atoms with Gasteiger partial charge < -0.3 is 13.9 Å². The number of halogens is 1. The number of nitrogens with one attached hydrogen (secondary N) is 1. The van der Waals surface area contributed by atoms with Gasteiger partial charge >= 0.3 is 0 Å². The van der Waals surface area contributed by atoms with Gasteiger partial charge in [0.1, 0.15) is 24.2 Å². The molecule has 7 nitrogen and oxygen atoms in total. The molecular weight excluding hydrogens is 433 g/mol. The van der Waals surface area contributed by atoms with E-state index in [4.69, 9.17) is 19.2 Å². The van der Waals surface area contributed by atoms with E-state index in [-0.39, 0.29) is 18.1 Å². The van der Waals surface area contributed by atoms with Gasteiger partial charge in [0.15, 0.2) is 22.5 Å². The molecule has 0 aliphatic heterocycles. The number of para-hydroxylation sites is 1. The van der Waals surface area contributed by atoms with Gasteiger partial charge in [-0.3, -0.25) is 10.1 Å². The predicted molar refractivity (Wildman–Crippen MR) is 116 cm³/mol. The molecule has 0 fully saturated rings. The van der Waals surface area contributed by atoms with E-state index in [1.54, 1.807) is 41.8 Å². The van der Waals surface area contributed by atoms with Crippen LogP contribution in [0.4, 0.5) is 9.52 Å². The number of aromatic nitrogens is 1. The number of hydrogen-bond donors (Lipinski definition) is 1. The summed E-state index contributed by atoms with van der Waals surface area (Å²) in [4.78, 5) is 16.8. The molecule has 0 radical (unpaired) electrons. The van der Waals surface area contributed by atoms with Crippen LogP contribution in [-0.4, -0.2) is 18.0 Å². The molecule has 0 saturated heterocycles. The average molecular weight is 449 g/mol. The third kappa shape index (κ3) is 4.61. The lowest BCUT2D eigenvalue weighted by molar-refractivity contribution is 0.0992. The van der Waals surface area contributed by atoms with Crippen LogP contribution in [0.25, 0.3) is 11.3 Å². The van der Waals surface area contributed by atoms with E-state index in [1.165, 1.54) is 36.6 Å². The Hall–Kier alpha value is -4.16. The first-order valence-electron chi connectivity index (χ1n) is 9.39. The molecule has 2 aromatic carbocycles. The smallest absolute Gasteiger partial charge is 0.293 e. The molecule has 0 atom stereocenters. The Morgan fingerprint density at radius 1 is 1.22 bits per heavy atom. The van der Waals surface area contributed by atoms with E-state index in [0.717, 1.165) is 0 Å². The van der Waals surface area contributed by atoms with Crippen molar-refractivity contribution in [2.45, 2.75) is 6.61 Å². The first kappa shape index (κ1) is 21.1. The lowest BCUT2D eigenvalue weighted by Crippen LogP contribution is -2.10. The maximum atomic E-state index is 13.9. The Morgan fingerprint density at radius 3 is 2.84 bits per heavy atom. The normalized spacial score (nSPS) is 10.4. The zero-order valence-electron chi connectivity index (χ0n) is 16.8. The molecule has 1 N–H and O–H groups in total. The lowest BCUT2D eigenvalue weighted by Gasteiger charge is -2.05. The molecule has 2 heterocycles. The van der Waals surface area contributed by atoms with Crippen LogP contribution in [0.5, 0.6) is 11.5 Å². The summed E-state index contributed by atoms with van der Waals surface area (Å²) in [6.07, 6.45) is 0. The van der Waals surface area contributed by atoms with Gasteiger partial charge in [-0.15, -0.1) is 11.3 Å². The molecule has 9 heteroatoms. The van der Waals surface area contributed by atoms with Gasteiger partial charge in [0.25, 0.3) is 5.91 Å². The Labute approximate surface area is 186 Å². The second-order valence-electron chi connectivity index (χ2n) is 6.50. The molecule has 0 aliphatic rings. The lowest BCUT2D eigenvalue weighted by atomic mass is 10.1. The third-order valence-corrected chi connectivity index (χ3v) is 5.19. The number of methoxy groups -OCH3 is 1. The largest absolute Gasteiger partial charge is 0.494 e. The highest BCUT2D eigenvalue weighted by atomic mass is 32.1. The number of nitriles is 1. The van der Waals surface area contributed by atoms with E-state index in [2.05, 4.69) is 16.4 Å². The first-order chi connectivity index (χ1) is 15.6. The van der Waals surface area contributed by atoms with E-state index in [9.17, 15) is 9.18 Å². The number of rotatable bonds is 7. The van der Waals surface area contributed by atoms with Gasteiger partial charge in [-0.1, -0.05) is 12.1 Å². The number of hydrogen-bond acceptors (Lipinski definition) is 7. The highest BCUT2D eigenvalue weighted by Crippen LogP contribution is 2.28. The zero-order chi connectivity index (χ0) is 22.5. The van der Waals surface area contributed by atoms with Crippen molar-refractivity contribution < 1.29 is 23.1 Å². The second kappa shape index (κ2) is 9.32. The summed E-state index contributed by atoms with van der Waals surface area (Å²) in [5, 5.41) is 13.8. The maximum absolute atomic E-state index is 13.9. The fraction of sp³-hybridized carbons (Fsp3) is 0.0870. The van der Waals surface area contributed by atoms with Crippen LogP contribution in [0.2, 0.25) is 0 Å². The SMILES string of the molecule is COc1ccc(-c2csc(NC(=O)c3ccc(COc4ccccc4C#N)o3)n2)cc1F. The van der Waals surface area contributed by atoms with Gasteiger partial charge in [0.05, 0.1) is 18.4 Å². The molecule has 32 heavy (non-hydrogen) atoms. The van der Waals surface area contributed by atoms with Gasteiger partial charge in [-0.05, 0) is 42.5 Å². The van der Waals surface area contributed by atoms with Crippen molar-refractivity contribution in [2.75, 3.05) is 12.4 Å². The Bertz CT molecular complexity index is 1310. The van der Waals surface area contributed by atoms with Gasteiger partial charge in [0, 0.05) is 10.9 Å². The summed E-state index contributed by atoms with van der Waals surface area (Å²) in [6, 6.07) is 16.6.